The van der Waals surface area contributed by atoms with Crippen LogP contribution < -0.4 is 5.73 Å². The molecular formula is C19H29N5O4. The minimum absolute atomic E-state index is 0.150. The van der Waals surface area contributed by atoms with Gasteiger partial charge in [-0.1, -0.05) is 0 Å². The summed E-state index contributed by atoms with van der Waals surface area (Å²) < 4.78 is 20.3. The summed E-state index contributed by atoms with van der Waals surface area (Å²) in [5.74, 6) is 0.161. The van der Waals surface area contributed by atoms with Crippen LogP contribution in [0.3, 0.4) is 0 Å². The van der Waals surface area contributed by atoms with Crippen molar-refractivity contribution in [2.75, 3.05) is 38.7 Å². The van der Waals surface area contributed by atoms with Crippen LogP contribution >= 0.6 is 0 Å². The topological polar surface area (TPSA) is 96.8 Å². The average molecular weight is 391 g/mol. The van der Waals surface area contributed by atoms with E-state index >= 15 is 0 Å². The van der Waals surface area contributed by atoms with Crippen molar-refractivity contribution in [2.24, 2.45) is 7.05 Å². The second-order valence-corrected chi connectivity index (χ2v) is 6.60. The lowest BCUT2D eigenvalue weighted by atomic mass is 10.1. The third kappa shape index (κ3) is 4.21. The lowest BCUT2D eigenvalue weighted by Gasteiger charge is -2.35. The maximum absolute atomic E-state index is 13.3. The highest BCUT2D eigenvalue weighted by Gasteiger charge is 2.32. The molecule has 0 bridgehead atoms. The molecule has 154 valence electrons. The fourth-order valence-electron chi connectivity index (χ4n) is 3.44. The van der Waals surface area contributed by atoms with Gasteiger partial charge in [-0.3, -0.25) is 4.79 Å². The van der Waals surface area contributed by atoms with Gasteiger partial charge in [0.25, 0.3) is 5.91 Å². The van der Waals surface area contributed by atoms with Crippen molar-refractivity contribution in [1.82, 2.24) is 19.2 Å². The Labute approximate surface area is 164 Å². The summed E-state index contributed by atoms with van der Waals surface area (Å²) in [6.07, 6.45) is 3.02. The zero-order chi connectivity index (χ0) is 20.1. The minimum atomic E-state index is -0.459. The molecule has 0 radical (unpaired) electrons. The Morgan fingerprint density at radius 2 is 2.14 bits per heavy atom. The molecule has 1 fully saturated rings. The van der Waals surface area contributed by atoms with Crippen LogP contribution in [0.5, 0.6) is 0 Å². The summed E-state index contributed by atoms with van der Waals surface area (Å²) >= 11 is 0. The summed E-state index contributed by atoms with van der Waals surface area (Å²) in [7, 11) is 1.96. The molecule has 1 aliphatic rings. The molecule has 3 heterocycles. The number of nitrogen functional groups attached to an aromatic ring is 1. The van der Waals surface area contributed by atoms with E-state index in [1.54, 1.807) is 9.58 Å². The number of anilines is 1. The third-order valence-electron chi connectivity index (χ3n) is 4.85. The second-order valence-electron chi connectivity index (χ2n) is 6.60. The van der Waals surface area contributed by atoms with Crippen LogP contribution in [0, 0.1) is 0 Å². The number of carbonyl (C=O) groups excluding carboxylic acids is 1. The van der Waals surface area contributed by atoms with E-state index in [2.05, 4.69) is 5.10 Å². The van der Waals surface area contributed by atoms with Gasteiger partial charge in [0.15, 0.2) is 6.29 Å². The molecule has 0 saturated carbocycles. The third-order valence-corrected chi connectivity index (χ3v) is 4.85. The lowest BCUT2D eigenvalue weighted by Crippen LogP contribution is -2.44. The second kappa shape index (κ2) is 9.22. The summed E-state index contributed by atoms with van der Waals surface area (Å²) in [6, 6.07) is 3.80. The Morgan fingerprint density at radius 3 is 2.79 bits per heavy atom. The zero-order valence-corrected chi connectivity index (χ0v) is 16.7. The number of morpholine rings is 1. The molecule has 0 aliphatic carbocycles. The van der Waals surface area contributed by atoms with Crippen LogP contribution in [-0.2, 0) is 27.8 Å². The first kappa shape index (κ1) is 20.4. The predicted molar refractivity (Wildman–Crippen MR) is 104 cm³/mol. The van der Waals surface area contributed by atoms with Gasteiger partial charge in [-0.15, -0.1) is 0 Å². The first-order chi connectivity index (χ1) is 13.6. The first-order valence-electron chi connectivity index (χ1n) is 9.61. The van der Waals surface area contributed by atoms with Gasteiger partial charge in [0.2, 0.25) is 0 Å². The Kier molecular flexibility index (Phi) is 6.71. The van der Waals surface area contributed by atoms with Gasteiger partial charge in [0.05, 0.1) is 32.0 Å². The van der Waals surface area contributed by atoms with E-state index in [9.17, 15) is 4.79 Å². The monoisotopic (exact) mass is 391 g/mol. The SMILES string of the molecule is CCOC(Cn1ncc(C(=O)N2CCOC[C@@H]2c2cccn2C)c1N)OCC. The number of hydrogen-bond acceptors (Lipinski definition) is 6. The molecule has 2 aromatic heterocycles. The van der Waals surface area contributed by atoms with Crippen LogP contribution in [0.2, 0.25) is 0 Å². The Hall–Kier alpha value is -2.36. The summed E-state index contributed by atoms with van der Waals surface area (Å²) in [5.41, 5.74) is 7.65. The maximum Gasteiger partial charge on any atom is 0.259 e. The van der Waals surface area contributed by atoms with E-state index in [1.807, 2.05) is 43.8 Å². The van der Waals surface area contributed by atoms with E-state index in [1.165, 1.54) is 6.20 Å². The number of aromatic nitrogens is 3. The fraction of sp³-hybridized carbons (Fsp3) is 0.579. The molecular weight excluding hydrogens is 362 g/mol. The normalized spacial score (nSPS) is 17.4. The lowest BCUT2D eigenvalue weighted by molar-refractivity contribution is -0.144. The Morgan fingerprint density at radius 1 is 1.39 bits per heavy atom. The fourth-order valence-corrected chi connectivity index (χ4v) is 3.44. The Bertz CT molecular complexity index is 781. The number of nitrogens with zero attached hydrogens (tertiary/aromatic N) is 4. The van der Waals surface area contributed by atoms with E-state index in [0.29, 0.717) is 50.9 Å². The number of hydrogen-bond donors (Lipinski definition) is 1. The summed E-state index contributed by atoms with van der Waals surface area (Å²) in [6.45, 7) is 6.61. The minimum Gasteiger partial charge on any atom is -0.383 e. The Balaban J connectivity index is 1.80. The van der Waals surface area contributed by atoms with E-state index in [-0.39, 0.29) is 11.9 Å². The van der Waals surface area contributed by atoms with Crippen LogP contribution in [0.25, 0.3) is 0 Å². The number of ether oxygens (including phenoxy) is 3. The maximum atomic E-state index is 13.3. The van der Waals surface area contributed by atoms with Gasteiger partial charge in [-0.2, -0.15) is 5.10 Å². The zero-order valence-electron chi connectivity index (χ0n) is 16.7. The van der Waals surface area contributed by atoms with E-state index in [0.717, 1.165) is 5.69 Å². The highest BCUT2D eigenvalue weighted by molar-refractivity contribution is 5.98. The molecule has 0 unspecified atom stereocenters. The smallest absolute Gasteiger partial charge is 0.259 e. The van der Waals surface area contributed by atoms with Gasteiger partial charge >= 0.3 is 0 Å². The number of rotatable bonds is 8. The number of nitrogens with two attached hydrogens (primary N) is 1. The number of amides is 1. The molecule has 2 aromatic rings. The van der Waals surface area contributed by atoms with Crippen molar-refractivity contribution in [1.29, 1.82) is 0 Å². The standard InChI is InChI=1S/C19H29N5O4/c1-4-27-17(28-5-2)12-24-18(20)14(11-21-24)19(25)23-9-10-26-13-16(23)15-7-6-8-22(15)3/h6-8,11,16-17H,4-5,9-10,12-13,20H2,1-3H3/t16-/m1/s1. The molecule has 0 aromatic carbocycles. The predicted octanol–water partition coefficient (Wildman–Crippen LogP) is 1.42. The van der Waals surface area contributed by atoms with Crippen molar-refractivity contribution >= 4 is 11.7 Å². The quantitative estimate of drug-likeness (QED) is 0.684. The molecule has 1 saturated heterocycles. The largest absolute Gasteiger partial charge is 0.383 e. The molecule has 1 amide bonds. The van der Waals surface area contributed by atoms with Gasteiger partial charge in [-0.25, -0.2) is 4.68 Å². The molecule has 9 nitrogen and oxygen atoms in total. The van der Waals surface area contributed by atoms with Crippen molar-refractivity contribution in [3.05, 3.63) is 35.8 Å². The van der Waals surface area contributed by atoms with Crippen LogP contribution in [0.1, 0.15) is 35.9 Å². The van der Waals surface area contributed by atoms with Crippen LogP contribution in [-0.4, -0.2) is 64.4 Å². The van der Waals surface area contributed by atoms with E-state index < -0.39 is 6.29 Å². The van der Waals surface area contributed by atoms with Gasteiger partial charge in [0, 0.05) is 38.7 Å². The summed E-state index contributed by atoms with van der Waals surface area (Å²) in [4.78, 5) is 15.1. The van der Waals surface area contributed by atoms with Gasteiger partial charge in [0.1, 0.15) is 11.4 Å². The molecule has 2 N–H and O–H groups in total. The average Bonchev–Trinajstić information content (AvgIpc) is 3.27. The highest BCUT2D eigenvalue weighted by atomic mass is 16.7. The van der Waals surface area contributed by atoms with Crippen molar-refractivity contribution in [3.63, 3.8) is 0 Å². The van der Waals surface area contributed by atoms with E-state index in [4.69, 9.17) is 19.9 Å². The first-order valence-corrected chi connectivity index (χ1v) is 9.61. The number of carbonyl (C=O) groups is 1. The van der Waals surface area contributed by atoms with Crippen molar-refractivity contribution in [3.8, 4) is 0 Å². The van der Waals surface area contributed by atoms with Crippen LogP contribution in [0.4, 0.5) is 5.82 Å². The number of aryl methyl sites for hydroxylation is 1. The van der Waals surface area contributed by atoms with Gasteiger partial charge in [-0.05, 0) is 26.0 Å². The molecule has 1 atom stereocenters. The van der Waals surface area contributed by atoms with Crippen LogP contribution in [0.15, 0.2) is 24.5 Å². The molecule has 3 rings (SSSR count). The van der Waals surface area contributed by atoms with Crippen molar-refractivity contribution < 1.29 is 19.0 Å². The van der Waals surface area contributed by atoms with Crippen molar-refractivity contribution in [2.45, 2.75) is 32.7 Å². The van der Waals surface area contributed by atoms with Gasteiger partial charge < -0.3 is 29.4 Å². The molecule has 9 heteroatoms. The molecule has 0 spiro atoms. The molecule has 28 heavy (non-hydrogen) atoms. The summed E-state index contributed by atoms with van der Waals surface area (Å²) in [5, 5.41) is 4.29. The molecule has 1 aliphatic heterocycles. The highest BCUT2D eigenvalue weighted by Crippen LogP contribution is 2.27.